The predicted molar refractivity (Wildman–Crippen MR) is 114 cm³/mol. The minimum absolute atomic E-state index is 0.181. The number of nitrogens with zero attached hydrogens (tertiary/aromatic N) is 1. The predicted octanol–water partition coefficient (Wildman–Crippen LogP) is 0.932. The van der Waals surface area contributed by atoms with Gasteiger partial charge in [0.15, 0.2) is 6.04 Å². The van der Waals surface area contributed by atoms with Crippen LogP contribution >= 0.6 is 0 Å². The van der Waals surface area contributed by atoms with Gasteiger partial charge in [0.1, 0.15) is 5.56 Å². The number of H-pyrrole nitrogens is 2. The fourth-order valence-corrected chi connectivity index (χ4v) is 4.59. The first-order valence-electron chi connectivity index (χ1n) is 10.1. The number of para-hydroxylation sites is 1. The molecule has 0 radical (unpaired) electrons. The zero-order valence-electron chi connectivity index (χ0n) is 16.6. The number of hydrogen-bond acceptors (Lipinski definition) is 3. The molecule has 7 heteroatoms. The van der Waals surface area contributed by atoms with E-state index in [4.69, 9.17) is 0 Å². The molecule has 152 valence electrons. The minimum Gasteiger partial charge on any atom is -0.494 e. The van der Waals surface area contributed by atoms with Crippen LogP contribution in [0.3, 0.4) is 0 Å². The first-order chi connectivity index (χ1) is 14.5. The molecular weight excluding hydrogens is 380 g/mol. The third-order valence-corrected chi connectivity index (χ3v) is 6.08. The molecule has 5 rings (SSSR count). The smallest absolute Gasteiger partial charge is 0.331 e. The molecule has 7 nitrogen and oxygen atoms in total. The number of hydrogen-bond donors (Lipinski definition) is 4. The van der Waals surface area contributed by atoms with Crippen LogP contribution in [-0.2, 0) is 13.0 Å². The van der Waals surface area contributed by atoms with Crippen molar-refractivity contribution in [2.45, 2.75) is 19.0 Å². The molecule has 2 unspecified atom stereocenters. The van der Waals surface area contributed by atoms with Gasteiger partial charge < -0.3 is 15.0 Å². The van der Waals surface area contributed by atoms with Gasteiger partial charge in [-0.25, -0.2) is 4.79 Å². The fourth-order valence-electron chi connectivity index (χ4n) is 4.59. The van der Waals surface area contributed by atoms with Gasteiger partial charge >= 0.3 is 5.69 Å². The molecule has 2 atom stereocenters. The van der Waals surface area contributed by atoms with Crippen LogP contribution in [0, 0.1) is 0 Å². The van der Waals surface area contributed by atoms with E-state index >= 15 is 0 Å². The van der Waals surface area contributed by atoms with Crippen LogP contribution in [-0.4, -0.2) is 33.2 Å². The van der Waals surface area contributed by atoms with Crippen LogP contribution in [0.15, 0.2) is 64.2 Å². The second-order valence-corrected chi connectivity index (χ2v) is 7.91. The van der Waals surface area contributed by atoms with Crippen molar-refractivity contribution in [3.8, 4) is 5.88 Å². The number of quaternary nitrogens is 1. The normalized spacial score (nSPS) is 18.4. The quantitative estimate of drug-likeness (QED) is 0.410. The van der Waals surface area contributed by atoms with Crippen LogP contribution in [0.1, 0.15) is 28.4 Å². The van der Waals surface area contributed by atoms with Gasteiger partial charge in [-0.3, -0.25) is 14.3 Å². The molecule has 1 aliphatic heterocycles. The third kappa shape index (κ3) is 2.86. The zero-order chi connectivity index (χ0) is 20.8. The second-order valence-electron chi connectivity index (χ2n) is 7.91. The van der Waals surface area contributed by atoms with E-state index in [0.717, 1.165) is 40.0 Å². The Hall–Kier alpha value is -3.58. The van der Waals surface area contributed by atoms with Crippen molar-refractivity contribution in [2.75, 3.05) is 13.6 Å². The number of benzene rings is 2. The average Bonchev–Trinajstić information content (AvgIpc) is 3.12. The highest BCUT2D eigenvalue weighted by Crippen LogP contribution is 2.32. The number of fused-ring (bicyclic) bond motifs is 3. The Morgan fingerprint density at radius 3 is 2.60 bits per heavy atom. The van der Waals surface area contributed by atoms with E-state index in [1.165, 1.54) is 10.1 Å². The van der Waals surface area contributed by atoms with Gasteiger partial charge in [0.2, 0.25) is 5.88 Å². The lowest BCUT2D eigenvalue weighted by atomic mass is 9.94. The monoisotopic (exact) mass is 403 g/mol. The molecule has 0 fully saturated rings. The standard InChI is InChI=1S/C23H22N4O3/c1-26-12-11-16-15-9-5-6-10-17(15)24-19(16)20(26)18-21(28)25-23(30)27(22(18)29)13-14-7-3-2-4-8-14/h2-10,20,24,29H,11-13H2,1H3,(H,25,28,30)/p+1. The molecule has 1 aliphatic rings. The Balaban J connectivity index is 1.70. The number of aromatic nitrogens is 3. The number of aromatic hydroxyl groups is 1. The molecule has 30 heavy (non-hydrogen) atoms. The average molecular weight is 403 g/mol. The maximum Gasteiger partial charge on any atom is 0.331 e. The van der Waals surface area contributed by atoms with Crippen molar-refractivity contribution in [2.24, 2.45) is 0 Å². The van der Waals surface area contributed by atoms with E-state index in [1.807, 2.05) is 55.6 Å². The molecular formula is C23H23N4O3+. The number of aromatic amines is 2. The summed E-state index contributed by atoms with van der Waals surface area (Å²) in [5.74, 6) is -0.275. The maximum atomic E-state index is 12.9. The maximum absolute atomic E-state index is 12.9. The summed E-state index contributed by atoms with van der Waals surface area (Å²) in [7, 11) is 2.00. The molecule has 0 amide bonds. The summed E-state index contributed by atoms with van der Waals surface area (Å²) >= 11 is 0. The zero-order valence-corrected chi connectivity index (χ0v) is 16.6. The van der Waals surface area contributed by atoms with Gasteiger partial charge in [0.05, 0.1) is 25.8 Å². The third-order valence-electron chi connectivity index (χ3n) is 6.08. The van der Waals surface area contributed by atoms with Gasteiger partial charge in [-0.05, 0) is 17.2 Å². The van der Waals surface area contributed by atoms with Gasteiger partial charge in [-0.2, -0.15) is 0 Å². The minimum atomic E-state index is -0.615. The Kier molecular flexibility index (Phi) is 4.33. The van der Waals surface area contributed by atoms with E-state index < -0.39 is 17.3 Å². The van der Waals surface area contributed by atoms with Crippen LogP contribution < -0.4 is 16.1 Å². The summed E-state index contributed by atoms with van der Waals surface area (Å²) in [5.41, 5.74) is 3.02. The molecule has 0 aliphatic carbocycles. The summed E-state index contributed by atoms with van der Waals surface area (Å²) in [4.78, 5) is 32.3. The Morgan fingerprint density at radius 2 is 1.80 bits per heavy atom. The lowest BCUT2D eigenvalue weighted by Crippen LogP contribution is -3.10. The molecule has 3 heterocycles. The van der Waals surface area contributed by atoms with Crippen molar-refractivity contribution < 1.29 is 10.0 Å². The van der Waals surface area contributed by atoms with Crippen LogP contribution in [0.4, 0.5) is 0 Å². The number of likely N-dealkylation sites (N-methyl/N-ethyl adjacent to an activating group) is 1. The lowest BCUT2D eigenvalue weighted by molar-refractivity contribution is -0.908. The number of rotatable bonds is 3. The van der Waals surface area contributed by atoms with Crippen molar-refractivity contribution in [3.63, 3.8) is 0 Å². The van der Waals surface area contributed by atoms with E-state index in [9.17, 15) is 14.7 Å². The SMILES string of the molecule is C[NH+]1CCc2c([nH]c3ccccc23)C1c1c(O)n(Cc2ccccc2)c(=O)[nH]c1=O. The molecule has 2 aromatic carbocycles. The van der Waals surface area contributed by atoms with E-state index in [1.54, 1.807) is 0 Å². The summed E-state index contributed by atoms with van der Waals surface area (Å²) in [6.07, 6.45) is 0.879. The van der Waals surface area contributed by atoms with Crippen LogP contribution in [0.2, 0.25) is 0 Å². The van der Waals surface area contributed by atoms with E-state index in [0.29, 0.717) is 0 Å². The second kappa shape index (κ2) is 7.03. The first kappa shape index (κ1) is 18.4. The molecule has 0 spiro atoms. The number of nitrogens with one attached hydrogen (secondary N) is 3. The van der Waals surface area contributed by atoms with Gasteiger partial charge in [-0.15, -0.1) is 0 Å². The van der Waals surface area contributed by atoms with Crippen LogP contribution in [0.25, 0.3) is 10.9 Å². The summed E-state index contributed by atoms with van der Waals surface area (Å²) in [5, 5.41) is 12.2. The van der Waals surface area contributed by atoms with Gasteiger partial charge in [0, 0.05) is 17.3 Å². The molecule has 0 saturated heterocycles. The highest BCUT2D eigenvalue weighted by molar-refractivity contribution is 5.85. The lowest BCUT2D eigenvalue weighted by Gasteiger charge is -2.30. The molecule has 2 aromatic heterocycles. The van der Waals surface area contributed by atoms with Gasteiger partial charge in [0.25, 0.3) is 5.56 Å². The Bertz CT molecular complexity index is 1350. The largest absolute Gasteiger partial charge is 0.494 e. The summed E-state index contributed by atoms with van der Waals surface area (Å²) in [6, 6.07) is 17.1. The fraction of sp³-hybridized carbons (Fsp3) is 0.217. The topological polar surface area (TPSA) is 95.3 Å². The molecule has 4 aromatic rings. The van der Waals surface area contributed by atoms with E-state index in [-0.39, 0.29) is 18.0 Å². The summed E-state index contributed by atoms with van der Waals surface area (Å²) in [6.45, 7) is 0.997. The van der Waals surface area contributed by atoms with Crippen molar-refractivity contribution in [1.82, 2.24) is 14.5 Å². The molecule has 0 saturated carbocycles. The summed E-state index contributed by atoms with van der Waals surface area (Å²) < 4.78 is 1.23. The van der Waals surface area contributed by atoms with Crippen molar-refractivity contribution >= 4 is 10.9 Å². The Labute approximate surface area is 172 Å². The highest BCUT2D eigenvalue weighted by atomic mass is 16.3. The van der Waals surface area contributed by atoms with Gasteiger partial charge in [-0.1, -0.05) is 48.5 Å². The highest BCUT2D eigenvalue weighted by Gasteiger charge is 2.37. The van der Waals surface area contributed by atoms with E-state index in [2.05, 4.69) is 16.0 Å². The Morgan fingerprint density at radius 1 is 1.07 bits per heavy atom. The molecule has 4 N–H and O–H groups in total. The first-order valence-corrected chi connectivity index (χ1v) is 10.1. The van der Waals surface area contributed by atoms with Crippen LogP contribution in [0.5, 0.6) is 5.88 Å². The molecule has 0 bridgehead atoms. The van der Waals surface area contributed by atoms with Crippen molar-refractivity contribution in [3.05, 3.63) is 97.8 Å². The van der Waals surface area contributed by atoms with Crippen molar-refractivity contribution in [1.29, 1.82) is 0 Å².